The molecule has 0 bridgehead atoms. The summed E-state index contributed by atoms with van der Waals surface area (Å²) >= 11 is 12.6. The van der Waals surface area contributed by atoms with Crippen LogP contribution in [-0.2, 0) is 14.9 Å². The third-order valence-corrected chi connectivity index (χ3v) is 6.09. The standard InChI is InChI=1S/C24H17Cl2NO4/c25-24(26)15-23(24,17-9-11-18(28)12-10-17)22(29)31-21(14-27)16-5-4-8-20(13-16)30-19-6-2-1-3-7-19/h1-13,21,28H,15H2/t21-,23+/m1/s1. The van der Waals surface area contributed by atoms with E-state index in [1.807, 2.05) is 36.4 Å². The lowest BCUT2D eigenvalue weighted by atomic mass is 9.95. The van der Waals surface area contributed by atoms with Crippen molar-refractivity contribution in [3.8, 4) is 23.3 Å². The summed E-state index contributed by atoms with van der Waals surface area (Å²) in [6.07, 6.45) is -1.03. The van der Waals surface area contributed by atoms with E-state index in [4.69, 9.17) is 32.7 Å². The number of para-hydroxylation sites is 1. The molecule has 1 saturated carbocycles. The SMILES string of the molecule is N#C[C@@H](OC(=O)[C@@]1(c2ccc(O)cc2)CC1(Cl)Cl)c1cccc(Oc2ccccc2)c1. The van der Waals surface area contributed by atoms with E-state index in [9.17, 15) is 15.2 Å². The number of hydrogen-bond donors (Lipinski definition) is 1. The predicted molar refractivity (Wildman–Crippen MR) is 116 cm³/mol. The van der Waals surface area contributed by atoms with Gasteiger partial charge in [-0.1, -0.05) is 65.7 Å². The van der Waals surface area contributed by atoms with Gasteiger partial charge in [-0.25, -0.2) is 0 Å². The average molecular weight is 454 g/mol. The van der Waals surface area contributed by atoms with Crippen LogP contribution in [0, 0.1) is 11.3 Å². The number of phenolic OH excluding ortho intramolecular Hbond substituents is 1. The summed E-state index contributed by atoms with van der Waals surface area (Å²) in [7, 11) is 0. The highest BCUT2D eigenvalue weighted by Crippen LogP contribution is 2.65. The highest BCUT2D eigenvalue weighted by molar-refractivity contribution is 6.54. The number of carbonyl (C=O) groups is 1. The number of nitriles is 1. The van der Waals surface area contributed by atoms with E-state index in [-0.39, 0.29) is 12.2 Å². The van der Waals surface area contributed by atoms with Gasteiger partial charge in [0.2, 0.25) is 6.10 Å². The second-order valence-electron chi connectivity index (χ2n) is 7.24. The third kappa shape index (κ3) is 4.05. The molecule has 5 nitrogen and oxygen atoms in total. The summed E-state index contributed by atoms with van der Waals surface area (Å²) in [5, 5.41) is 19.2. The summed E-state index contributed by atoms with van der Waals surface area (Å²) < 4.78 is 9.99. The Bertz CT molecular complexity index is 1140. The first-order valence-electron chi connectivity index (χ1n) is 9.47. The maximum Gasteiger partial charge on any atom is 0.321 e. The molecule has 3 aromatic rings. The lowest BCUT2D eigenvalue weighted by Gasteiger charge is -2.20. The van der Waals surface area contributed by atoms with Gasteiger partial charge in [-0.2, -0.15) is 5.26 Å². The molecular weight excluding hydrogens is 437 g/mol. The molecule has 156 valence electrons. The number of hydrogen-bond acceptors (Lipinski definition) is 5. The number of carbonyl (C=O) groups excluding carboxylic acids is 1. The van der Waals surface area contributed by atoms with Crippen LogP contribution in [-0.4, -0.2) is 15.4 Å². The summed E-state index contributed by atoms with van der Waals surface area (Å²) in [4.78, 5) is 13.1. The van der Waals surface area contributed by atoms with E-state index in [1.54, 1.807) is 36.4 Å². The molecule has 3 aromatic carbocycles. The normalized spacial score (nSPS) is 19.6. The molecule has 0 radical (unpaired) electrons. The molecule has 1 N–H and O–H groups in total. The van der Waals surface area contributed by atoms with Crippen LogP contribution in [0.5, 0.6) is 17.2 Å². The van der Waals surface area contributed by atoms with Crippen LogP contribution in [0.4, 0.5) is 0 Å². The van der Waals surface area contributed by atoms with Crippen LogP contribution in [0.1, 0.15) is 23.7 Å². The first-order valence-corrected chi connectivity index (χ1v) is 10.2. The molecule has 4 rings (SSSR count). The van der Waals surface area contributed by atoms with Crippen molar-refractivity contribution in [2.75, 3.05) is 0 Å². The van der Waals surface area contributed by atoms with Gasteiger partial charge >= 0.3 is 5.97 Å². The van der Waals surface area contributed by atoms with E-state index >= 15 is 0 Å². The fourth-order valence-corrected chi connectivity index (χ4v) is 4.20. The van der Waals surface area contributed by atoms with Crippen LogP contribution >= 0.6 is 23.2 Å². The first kappa shape index (κ1) is 21.0. The third-order valence-electron chi connectivity index (χ3n) is 5.18. The second-order valence-corrected chi connectivity index (χ2v) is 8.72. The quantitative estimate of drug-likeness (QED) is 0.376. The number of halogens is 2. The predicted octanol–water partition coefficient (Wildman–Crippen LogP) is 5.81. The molecule has 0 heterocycles. The van der Waals surface area contributed by atoms with Gasteiger partial charge in [-0.15, -0.1) is 0 Å². The van der Waals surface area contributed by atoms with Crippen LogP contribution in [0.25, 0.3) is 0 Å². The molecule has 0 saturated heterocycles. The van der Waals surface area contributed by atoms with Crippen molar-refractivity contribution in [2.24, 2.45) is 0 Å². The number of phenols is 1. The Hall–Kier alpha value is -3.20. The number of benzene rings is 3. The number of ether oxygens (including phenoxy) is 2. The fourth-order valence-electron chi connectivity index (χ4n) is 3.43. The Morgan fingerprint density at radius 2 is 1.65 bits per heavy atom. The van der Waals surface area contributed by atoms with Gasteiger partial charge in [0.1, 0.15) is 33.1 Å². The summed E-state index contributed by atoms with van der Waals surface area (Å²) in [6, 6.07) is 24.0. The smallest absolute Gasteiger partial charge is 0.321 e. The van der Waals surface area contributed by atoms with Crippen molar-refractivity contribution >= 4 is 29.2 Å². The molecule has 0 aromatic heterocycles. The molecule has 0 aliphatic heterocycles. The molecule has 1 aliphatic rings. The van der Waals surface area contributed by atoms with Gasteiger partial charge < -0.3 is 14.6 Å². The van der Waals surface area contributed by atoms with Crippen molar-refractivity contribution in [3.63, 3.8) is 0 Å². The van der Waals surface area contributed by atoms with E-state index in [0.29, 0.717) is 22.6 Å². The number of nitrogens with zero attached hydrogens (tertiary/aromatic N) is 1. The van der Waals surface area contributed by atoms with Gasteiger partial charge in [0, 0.05) is 12.0 Å². The summed E-state index contributed by atoms with van der Waals surface area (Å²) in [5.74, 6) is 0.490. The largest absolute Gasteiger partial charge is 0.508 e. The molecular formula is C24H17Cl2NO4. The molecule has 1 fully saturated rings. The zero-order chi connectivity index (χ0) is 22.1. The van der Waals surface area contributed by atoms with Crippen LogP contribution < -0.4 is 4.74 Å². The van der Waals surface area contributed by atoms with Gasteiger partial charge in [-0.05, 0) is 42.0 Å². The molecule has 7 heteroatoms. The zero-order valence-electron chi connectivity index (χ0n) is 16.2. The van der Waals surface area contributed by atoms with Crippen LogP contribution in [0.3, 0.4) is 0 Å². The second kappa shape index (κ2) is 8.14. The molecule has 2 atom stereocenters. The highest BCUT2D eigenvalue weighted by atomic mass is 35.5. The monoisotopic (exact) mass is 453 g/mol. The molecule has 31 heavy (non-hydrogen) atoms. The number of alkyl halides is 2. The molecule has 1 aliphatic carbocycles. The Morgan fingerprint density at radius 3 is 2.26 bits per heavy atom. The van der Waals surface area contributed by atoms with Gasteiger partial charge in [-0.3, -0.25) is 4.79 Å². The van der Waals surface area contributed by atoms with Gasteiger partial charge in [0.25, 0.3) is 0 Å². The van der Waals surface area contributed by atoms with Crippen molar-refractivity contribution < 1.29 is 19.4 Å². The number of aromatic hydroxyl groups is 1. The molecule has 0 amide bonds. The minimum atomic E-state index is -1.36. The summed E-state index contributed by atoms with van der Waals surface area (Å²) in [6.45, 7) is 0. The first-order chi connectivity index (χ1) is 14.9. The topological polar surface area (TPSA) is 79.5 Å². The highest BCUT2D eigenvalue weighted by Gasteiger charge is 2.73. The maximum absolute atomic E-state index is 13.1. The lowest BCUT2D eigenvalue weighted by molar-refractivity contribution is -0.150. The van der Waals surface area contributed by atoms with E-state index in [0.717, 1.165) is 0 Å². The Kier molecular flexibility index (Phi) is 5.53. The Balaban J connectivity index is 1.56. The maximum atomic E-state index is 13.1. The minimum absolute atomic E-state index is 0.0489. The van der Waals surface area contributed by atoms with E-state index < -0.39 is 21.8 Å². The summed E-state index contributed by atoms with van der Waals surface area (Å²) in [5.41, 5.74) is -0.337. The van der Waals surface area contributed by atoms with Crippen molar-refractivity contribution in [1.82, 2.24) is 0 Å². The van der Waals surface area contributed by atoms with Crippen LogP contribution in [0.15, 0.2) is 78.9 Å². The minimum Gasteiger partial charge on any atom is -0.508 e. The fraction of sp³-hybridized carbons (Fsp3) is 0.167. The van der Waals surface area contributed by atoms with E-state index in [1.165, 1.54) is 12.1 Å². The number of esters is 1. The van der Waals surface area contributed by atoms with Gasteiger partial charge in [0.15, 0.2) is 0 Å². The Labute approximate surface area is 189 Å². The zero-order valence-corrected chi connectivity index (χ0v) is 17.7. The number of rotatable bonds is 6. The Morgan fingerprint density at radius 1 is 1.00 bits per heavy atom. The molecule has 0 spiro atoms. The van der Waals surface area contributed by atoms with Crippen molar-refractivity contribution in [2.45, 2.75) is 22.3 Å². The van der Waals surface area contributed by atoms with E-state index in [2.05, 4.69) is 0 Å². The van der Waals surface area contributed by atoms with Gasteiger partial charge in [0.05, 0.1) is 0 Å². The lowest BCUT2D eigenvalue weighted by Crippen LogP contribution is -2.30. The van der Waals surface area contributed by atoms with Crippen molar-refractivity contribution in [1.29, 1.82) is 5.26 Å². The van der Waals surface area contributed by atoms with Crippen LogP contribution in [0.2, 0.25) is 0 Å². The average Bonchev–Trinajstić information content (AvgIpc) is 3.36. The van der Waals surface area contributed by atoms with Crippen molar-refractivity contribution in [3.05, 3.63) is 90.0 Å². The molecule has 0 unspecified atom stereocenters.